The van der Waals surface area contributed by atoms with Crippen molar-refractivity contribution in [3.8, 4) is 11.5 Å². The Morgan fingerprint density at radius 2 is 1.70 bits per heavy atom. The van der Waals surface area contributed by atoms with Gasteiger partial charge in [-0.1, -0.05) is 66.7 Å². The Bertz CT molecular complexity index is 1210. The number of hydrazone groups is 1. The van der Waals surface area contributed by atoms with Gasteiger partial charge in [0.25, 0.3) is 5.91 Å². The summed E-state index contributed by atoms with van der Waals surface area (Å²) in [6.07, 6.45) is 1.53. The Kier molecular flexibility index (Phi) is 5.71. The Morgan fingerprint density at radius 3 is 2.60 bits per heavy atom. The molecule has 0 heterocycles. The van der Waals surface area contributed by atoms with Crippen LogP contribution in [0.1, 0.15) is 21.5 Å². The van der Waals surface area contributed by atoms with E-state index >= 15 is 0 Å². The number of phenolic OH excluding ortho intramolecular Hbond substituents is 1. The molecule has 0 saturated heterocycles. The van der Waals surface area contributed by atoms with E-state index in [4.69, 9.17) is 4.74 Å². The lowest BCUT2D eigenvalue weighted by molar-refractivity contribution is 0.0952. The third kappa shape index (κ3) is 4.47. The van der Waals surface area contributed by atoms with Gasteiger partial charge in [-0.2, -0.15) is 5.10 Å². The lowest BCUT2D eigenvalue weighted by Crippen LogP contribution is -2.17. The molecule has 0 atom stereocenters. The third-order valence-electron chi connectivity index (χ3n) is 4.66. The summed E-state index contributed by atoms with van der Waals surface area (Å²) in [6, 6.07) is 28.1. The van der Waals surface area contributed by atoms with Crippen LogP contribution < -0.4 is 10.2 Å². The van der Waals surface area contributed by atoms with E-state index in [2.05, 4.69) is 34.8 Å². The van der Waals surface area contributed by atoms with Crippen LogP contribution in [0.5, 0.6) is 11.5 Å². The normalized spacial score (nSPS) is 10.9. The van der Waals surface area contributed by atoms with Crippen LogP contribution in [0.3, 0.4) is 0 Å². The molecule has 4 aromatic rings. The minimum atomic E-state index is -0.479. The van der Waals surface area contributed by atoms with Gasteiger partial charge in [-0.3, -0.25) is 4.79 Å². The maximum Gasteiger partial charge on any atom is 0.275 e. The zero-order chi connectivity index (χ0) is 20.8. The molecule has 4 aromatic carbocycles. The molecule has 0 radical (unpaired) electrons. The molecule has 0 aromatic heterocycles. The zero-order valence-corrected chi connectivity index (χ0v) is 16.2. The van der Waals surface area contributed by atoms with Crippen molar-refractivity contribution in [1.29, 1.82) is 0 Å². The van der Waals surface area contributed by atoms with Crippen molar-refractivity contribution in [3.05, 3.63) is 108 Å². The SMILES string of the molecule is O=C(N/N=C/c1cccc(OCc2cccc3ccccc23)c1)c1ccccc1O. The molecule has 1 amide bonds. The molecule has 0 aliphatic carbocycles. The minimum absolute atomic E-state index is 0.0889. The van der Waals surface area contributed by atoms with Crippen molar-refractivity contribution in [1.82, 2.24) is 5.43 Å². The zero-order valence-electron chi connectivity index (χ0n) is 16.2. The molecule has 0 unspecified atom stereocenters. The summed E-state index contributed by atoms with van der Waals surface area (Å²) in [4.78, 5) is 12.1. The standard InChI is InChI=1S/C25H20N2O3/c28-24-14-4-3-13-23(24)25(29)27-26-16-18-7-5-11-21(15-18)30-17-20-10-6-9-19-8-1-2-12-22(19)20/h1-16,28H,17H2,(H,27,29)/b26-16+. The van der Waals surface area contributed by atoms with Gasteiger partial charge in [0, 0.05) is 0 Å². The monoisotopic (exact) mass is 396 g/mol. The Hall–Kier alpha value is -4.12. The number of carbonyl (C=O) groups is 1. The fraction of sp³-hybridized carbons (Fsp3) is 0.0400. The molecule has 4 rings (SSSR count). The number of phenols is 1. The quantitative estimate of drug-likeness (QED) is 0.360. The Morgan fingerprint density at radius 1 is 0.933 bits per heavy atom. The van der Waals surface area contributed by atoms with Gasteiger partial charge in [-0.15, -0.1) is 0 Å². The second-order valence-corrected chi connectivity index (χ2v) is 6.72. The maximum atomic E-state index is 12.1. The van der Waals surface area contributed by atoms with E-state index in [1.165, 1.54) is 29.1 Å². The number of para-hydroxylation sites is 1. The highest BCUT2D eigenvalue weighted by atomic mass is 16.5. The van der Waals surface area contributed by atoms with Crippen LogP contribution in [-0.4, -0.2) is 17.2 Å². The highest BCUT2D eigenvalue weighted by Crippen LogP contribution is 2.21. The summed E-state index contributed by atoms with van der Waals surface area (Å²) in [5.74, 6) is 0.139. The van der Waals surface area contributed by atoms with Crippen molar-refractivity contribution in [2.45, 2.75) is 6.61 Å². The average Bonchev–Trinajstić information content (AvgIpc) is 2.78. The van der Waals surface area contributed by atoms with Crippen LogP contribution in [0.4, 0.5) is 0 Å². The van der Waals surface area contributed by atoms with Crippen molar-refractivity contribution in [3.63, 3.8) is 0 Å². The number of aromatic hydroxyl groups is 1. The molecule has 0 aliphatic heterocycles. The fourth-order valence-corrected chi connectivity index (χ4v) is 3.16. The first-order valence-electron chi connectivity index (χ1n) is 9.51. The number of nitrogens with one attached hydrogen (secondary N) is 1. The predicted octanol–water partition coefficient (Wildman–Crippen LogP) is 4.89. The van der Waals surface area contributed by atoms with Crippen LogP contribution in [0.25, 0.3) is 10.8 Å². The molecule has 0 spiro atoms. The van der Waals surface area contributed by atoms with Crippen LogP contribution in [0.15, 0.2) is 96.1 Å². The molecule has 148 valence electrons. The lowest BCUT2D eigenvalue weighted by atomic mass is 10.1. The van der Waals surface area contributed by atoms with Crippen LogP contribution in [0.2, 0.25) is 0 Å². The van der Waals surface area contributed by atoms with Crippen molar-refractivity contribution in [2.24, 2.45) is 5.10 Å². The summed E-state index contributed by atoms with van der Waals surface area (Å²) in [7, 11) is 0. The highest BCUT2D eigenvalue weighted by molar-refractivity contribution is 5.97. The van der Waals surface area contributed by atoms with E-state index in [1.54, 1.807) is 12.1 Å². The van der Waals surface area contributed by atoms with Gasteiger partial charge in [0.15, 0.2) is 0 Å². The topological polar surface area (TPSA) is 70.9 Å². The first kappa shape index (κ1) is 19.2. The fourth-order valence-electron chi connectivity index (χ4n) is 3.16. The van der Waals surface area contributed by atoms with Gasteiger partial charge < -0.3 is 9.84 Å². The van der Waals surface area contributed by atoms with Crippen molar-refractivity contribution < 1.29 is 14.6 Å². The maximum absolute atomic E-state index is 12.1. The third-order valence-corrected chi connectivity index (χ3v) is 4.66. The molecule has 0 fully saturated rings. The summed E-state index contributed by atoms with van der Waals surface area (Å²) >= 11 is 0. The molecule has 30 heavy (non-hydrogen) atoms. The number of hydrogen-bond donors (Lipinski definition) is 2. The van der Waals surface area contributed by atoms with Crippen LogP contribution >= 0.6 is 0 Å². The van der Waals surface area contributed by atoms with E-state index in [9.17, 15) is 9.90 Å². The van der Waals surface area contributed by atoms with Gasteiger partial charge in [0.2, 0.25) is 0 Å². The lowest BCUT2D eigenvalue weighted by Gasteiger charge is -2.09. The van der Waals surface area contributed by atoms with Crippen molar-refractivity contribution >= 4 is 22.9 Å². The molecule has 0 bridgehead atoms. The van der Waals surface area contributed by atoms with E-state index in [0.717, 1.165) is 11.1 Å². The van der Waals surface area contributed by atoms with Gasteiger partial charge in [0.1, 0.15) is 18.1 Å². The first-order chi connectivity index (χ1) is 14.7. The first-order valence-corrected chi connectivity index (χ1v) is 9.51. The molecule has 0 saturated carbocycles. The molecule has 5 nitrogen and oxygen atoms in total. The molecule has 0 aliphatic rings. The van der Waals surface area contributed by atoms with Gasteiger partial charge >= 0.3 is 0 Å². The van der Waals surface area contributed by atoms with Gasteiger partial charge in [-0.05, 0) is 46.2 Å². The summed E-state index contributed by atoms with van der Waals surface area (Å²) in [5, 5.41) is 16.0. The molecular formula is C25H20N2O3. The minimum Gasteiger partial charge on any atom is -0.507 e. The van der Waals surface area contributed by atoms with Crippen LogP contribution in [-0.2, 0) is 6.61 Å². The second kappa shape index (κ2) is 8.92. The number of fused-ring (bicyclic) bond motifs is 1. The summed E-state index contributed by atoms with van der Waals surface area (Å²) in [6.45, 7) is 0.450. The Labute approximate surface area is 174 Å². The number of rotatable bonds is 6. The number of ether oxygens (including phenoxy) is 1. The van der Waals surface area contributed by atoms with E-state index < -0.39 is 5.91 Å². The molecule has 2 N–H and O–H groups in total. The van der Waals surface area contributed by atoms with Crippen LogP contribution in [0, 0.1) is 0 Å². The largest absolute Gasteiger partial charge is 0.507 e. The summed E-state index contributed by atoms with van der Waals surface area (Å²) < 4.78 is 5.97. The number of carbonyl (C=O) groups excluding carboxylic acids is 1. The number of hydrogen-bond acceptors (Lipinski definition) is 4. The number of nitrogens with zero attached hydrogens (tertiary/aromatic N) is 1. The van der Waals surface area contributed by atoms with Crippen molar-refractivity contribution in [2.75, 3.05) is 0 Å². The summed E-state index contributed by atoms with van der Waals surface area (Å²) in [5.41, 5.74) is 4.48. The van der Waals surface area contributed by atoms with Gasteiger partial charge in [-0.25, -0.2) is 5.43 Å². The Balaban J connectivity index is 1.41. The second-order valence-electron chi connectivity index (χ2n) is 6.72. The van der Waals surface area contributed by atoms with E-state index in [1.807, 2.05) is 42.5 Å². The predicted molar refractivity (Wildman–Crippen MR) is 118 cm³/mol. The number of benzene rings is 4. The molecule has 5 heteroatoms. The molecular weight excluding hydrogens is 376 g/mol. The van der Waals surface area contributed by atoms with E-state index in [0.29, 0.717) is 12.4 Å². The van der Waals surface area contributed by atoms with Gasteiger partial charge in [0.05, 0.1) is 11.8 Å². The smallest absolute Gasteiger partial charge is 0.275 e. The highest BCUT2D eigenvalue weighted by Gasteiger charge is 2.08. The number of amides is 1. The average molecular weight is 396 g/mol. The van der Waals surface area contributed by atoms with E-state index in [-0.39, 0.29) is 11.3 Å².